The molecule has 8 rings (SSSR count). The number of imide groups is 2. The van der Waals surface area contributed by atoms with Crippen molar-refractivity contribution in [3.8, 4) is 5.75 Å². The van der Waals surface area contributed by atoms with Crippen molar-refractivity contribution in [2.45, 2.75) is 91.1 Å². The number of hydrogen-bond donors (Lipinski definition) is 2. The van der Waals surface area contributed by atoms with Gasteiger partial charge in [0, 0.05) is 60.7 Å². The van der Waals surface area contributed by atoms with Crippen LogP contribution in [0.1, 0.15) is 102 Å². The van der Waals surface area contributed by atoms with Gasteiger partial charge in [0.25, 0.3) is 17.7 Å². The molecule has 3 aromatic carbocycles. The molecule has 1 unspecified atom stereocenters. The van der Waals surface area contributed by atoms with Crippen molar-refractivity contribution in [2.75, 3.05) is 24.5 Å². The molecule has 5 amide bonds. The summed E-state index contributed by atoms with van der Waals surface area (Å²) in [4.78, 5) is 73.3. The Morgan fingerprint density at radius 3 is 2.12 bits per heavy atom. The van der Waals surface area contributed by atoms with Crippen molar-refractivity contribution in [1.82, 2.24) is 20.4 Å². The van der Waals surface area contributed by atoms with Crippen LogP contribution in [-0.2, 0) is 22.7 Å². The van der Waals surface area contributed by atoms with Gasteiger partial charge >= 0.3 is 0 Å². The van der Waals surface area contributed by atoms with Gasteiger partial charge in [-0.15, -0.1) is 0 Å². The molecule has 0 aromatic heterocycles. The van der Waals surface area contributed by atoms with Gasteiger partial charge in [-0.05, 0) is 97.8 Å². The van der Waals surface area contributed by atoms with E-state index in [1.165, 1.54) is 0 Å². The first kappa shape index (κ1) is 38.6. The van der Waals surface area contributed by atoms with Gasteiger partial charge in [-0.25, -0.2) is 4.85 Å². The average Bonchev–Trinajstić information content (AvgIpc) is 3.70. The molecule has 2 N–H and O–H groups in total. The third-order valence-corrected chi connectivity index (χ3v) is 13.2. The Hall–Kier alpha value is -5.25. The molecule has 4 heterocycles. The molecule has 3 fully saturated rings. The zero-order valence-corrected chi connectivity index (χ0v) is 33.4. The van der Waals surface area contributed by atoms with Crippen LogP contribution < -0.4 is 20.3 Å². The van der Waals surface area contributed by atoms with E-state index in [1.807, 2.05) is 36.4 Å². The van der Waals surface area contributed by atoms with Gasteiger partial charge in [-0.3, -0.25) is 39.1 Å². The van der Waals surface area contributed by atoms with Crippen LogP contribution in [0.3, 0.4) is 0 Å². The summed E-state index contributed by atoms with van der Waals surface area (Å²) in [5, 5.41) is 5.89. The van der Waals surface area contributed by atoms with E-state index in [0.717, 1.165) is 60.6 Å². The molecule has 1 aliphatic carbocycles. The normalized spacial score (nSPS) is 24.0. The molecule has 1 atom stereocenters. The standard InChI is InChI=1S/C44H47ClN6O6/c1-43(2)41(44(3,4)42(43)57-30-10-11-34(46-5)33(45)22-30)48-37(53)26-6-8-29(9-7-26)50-18-15-25(16-19-50)14-17-49-23-27-20-31-32(21-28(27)24-49)40(56)51(39(31)55)35-12-13-36(52)47-38(35)54/h6-11,20-22,25,35,41-42H,12-19,23-24H2,1-4H3,(H,48,53)(H,47,52,54). The molecular formula is C44H47ClN6O6. The van der Waals surface area contributed by atoms with Gasteiger partial charge < -0.3 is 15.0 Å². The van der Waals surface area contributed by atoms with E-state index in [9.17, 15) is 24.0 Å². The van der Waals surface area contributed by atoms with Crippen LogP contribution in [0.25, 0.3) is 4.85 Å². The minimum atomic E-state index is -0.961. The molecule has 12 nitrogen and oxygen atoms in total. The molecule has 296 valence electrons. The maximum atomic E-state index is 13.5. The van der Waals surface area contributed by atoms with E-state index < -0.39 is 23.8 Å². The summed E-state index contributed by atoms with van der Waals surface area (Å²) < 4.78 is 6.38. The van der Waals surface area contributed by atoms with E-state index in [-0.39, 0.29) is 47.6 Å². The van der Waals surface area contributed by atoms with Crippen molar-refractivity contribution in [2.24, 2.45) is 16.7 Å². The van der Waals surface area contributed by atoms with Crippen molar-refractivity contribution >= 4 is 52.5 Å². The average molecular weight is 791 g/mol. The SMILES string of the molecule is [C-]#[N+]c1ccc(OC2C(C)(C)C(NC(=O)c3ccc(N4CCC(CCN5Cc6cc7c(cc6C5)C(=O)N(C5CCC(=O)NC5=O)C7=O)CC4)cc3)C2(C)C)cc1Cl. The van der Waals surface area contributed by atoms with Gasteiger partial charge in [0.05, 0.1) is 22.7 Å². The van der Waals surface area contributed by atoms with Gasteiger partial charge in [0.2, 0.25) is 17.5 Å². The number of anilines is 1. The highest BCUT2D eigenvalue weighted by Crippen LogP contribution is 2.55. The summed E-state index contributed by atoms with van der Waals surface area (Å²) in [6.07, 6.45) is 3.27. The number of nitrogens with one attached hydrogen (secondary N) is 2. The predicted molar refractivity (Wildman–Crippen MR) is 214 cm³/mol. The van der Waals surface area contributed by atoms with Crippen LogP contribution in [0, 0.1) is 23.3 Å². The zero-order chi connectivity index (χ0) is 40.4. The number of ether oxygens (including phenoxy) is 1. The first-order chi connectivity index (χ1) is 27.1. The minimum Gasteiger partial charge on any atom is -0.489 e. The second kappa shape index (κ2) is 14.6. The van der Waals surface area contributed by atoms with E-state index in [1.54, 1.807) is 18.2 Å². The van der Waals surface area contributed by atoms with E-state index in [2.05, 4.69) is 53.0 Å². The lowest BCUT2D eigenvalue weighted by molar-refractivity contribution is -0.164. The fraction of sp³-hybridized carbons (Fsp3) is 0.455. The molecule has 57 heavy (non-hydrogen) atoms. The Bertz CT molecular complexity index is 2160. The van der Waals surface area contributed by atoms with E-state index in [4.69, 9.17) is 22.9 Å². The van der Waals surface area contributed by atoms with E-state index >= 15 is 0 Å². The molecule has 1 saturated carbocycles. The number of rotatable bonds is 9. The Balaban J connectivity index is 0.799. The van der Waals surface area contributed by atoms with Crippen molar-refractivity contribution < 1.29 is 28.7 Å². The third kappa shape index (κ3) is 6.95. The number of halogens is 1. The highest BCUT2D eigenvalue weighted by atomic mass is 35.5. The molecule has 2 saturated heterocycles. The van der Waals surface area contributed by atoms with Gasteiger partial charge in [-0.1, -0.05) is 45.4 Å². The molecule has 4 aliphatic heterocycles. The summed E-state index contributed by atoms with van der Waals surface area (Å²) >= 11 is 6.26. The number of fused-ring (bicyclic) bond motifs is 2. The smallest absolute Gasteiger partial charge is 0.262 e. The molecule has 0 bridgehead atoms. The number of amides is 5. The summed E-state index contributed by atoms with van der Waals surface area (Å²) in [5.74, 6) is -0.847. The molecule has 0 spiro atoms. The fourth-order valence-corrected chi connectivity index (χ4v) is 10.3. The topological polar surface area (TPSA) is 133 Å². The molecule has 5 aliphatic rings. The first-order valence-electron chi connectivity index (χ1n) is 19.7. The Labute approximate surface area is 337 Å². The summed E-state index contributed by atoms with van der Waals surface area (Å²) in [6, 6.07) is 15.5. The van der Waals surface area contributed by atoms with Crippen molar-refractivity contribution in [3.05, 3.63) is 98.9 Å². The largest absolute Gasteiger partial charge is 0.489 e. The van der Waals surface area contributed by atoms with Crippen LogP contribution >= 0.6 is 11.6 Å². The van der Waals surface area contributed by atoms with Crippen LogP contribution in [-0.4, -0.2) is 77.2 Å². The maximum Gasteiger partial charge on any atom is 0.262 e. The second-order valence-electron chi connectivity index (χ2n) is 17.4. The van der Waals surface area contributed by atoms with Gasteiger partial charge in [0.1, 0.15) is 17.9 Å². The summed E-state index contributed by atoms with van der Waals surface area (Å²) in [5.41, 5.74) is 4.16. The zero-order valence-electron chi connectivity index (χ0n) is 32.7. The molecule has 0 radical (unpaired) electrons. The summed E-state index contributed by atoms with van der Waals surface area (Å²) in [6.45, 7) is 19.8. The Morgan fingerprint density at radius 1 is 0.912 bits per heavy atom. The lowest BCUT2D eigenvalue weighted by Crippen LogP contribution is -2.74. The Morgan fingerprint density at radius 2 is 1.54 bits per heavy atom. The monoisotopic (exact) mass is 790 g/mol. The van der Waals surface area contributed by atoms with Crippen molar-refractivity contribution in [1.29, 1.82) is 0 Å². The van der Waals surface area contributed by atoms with Crippen LogP contribution in [0.15, 0.2) is 54.6 Å². The summed E-state index contributed by atoms with van der Waals surface area (Å²) in [7, 11) is 0. The number of piperidine rings is 2. The minimum absolute atomic E-state index is 0.0975. The first-order valence-corrected chi connectivity index (χ1v) is 20.1. The predicted octanol–water partition coefficient (Wildman–Crippen LogP) is 6.53. The number of hydrogen-bond acceptors (Lipinski definition) is 8. The molecular weight excluding hydrogens is 744 g/mol. The fourth-order valence-electron chi connectivity index (χ4n) is 10.1. The number of carbonyl (C=O) groups excluding carboxylic acids is 5. The number of carbonyl (C=O) groups is 5. The van der Waals surface area contributed by atoms with Crippen LogP contribution in [0.5, 0.6) is 5.75 Å². The lowest BCUT2D eigenvalue weighted by Gasteiger charge is -2.63. The van der Waals surface area contributed by atoms with Crippen LogP contribution in [0.2, 0.25) is 5.02 Å². The number of benzene rings is 3. The maximum absolute atomic E-state index is 13.5. The highest BCUT2D eigenvalue weighted by Gasteiger charge is 2.64. The van der Waals surface area contributed by atoms with Crippen LogP contribution in [0.4, 0.5) is 11.4 Å². The highest BCUT2D eigenvalue weighted by molar-refractivity contribution is 6.33. The number of nitrogens with zero attached hydrogens (tertiary/aromatic N) is 4. The molecule has 3 aromatic rings. The van der Waals surface area contributed by atoms with E-state index in [0.29, 0.717) is 52.2 Å². The van der Waals surface area contributed by atoms with Crippen molar-refractivity contribution in [3.63, 3.8) is 0 Å². The third-order valence-electron chi connectivity index (χ3n) is 12.9. The lowest BCUT2D eigenvalue weighted by atomic mass is 9.49. The Kier molecular flexibility index (Phi) is 9.89. The van der Waals surface area contributed by atoms with Gasteiger partial charge in [-0.2, -0.15) is 0 Å². The van der Waals surface area contributed by atoms with Gasteiger partial charge in [0.15, 0.2) is 0 Å². The quantitative estimate of drug-likeness (QED) is 0.185. The second-order valence-corrected chi connectivity index (χ2v) is 17.8. The molecule has 13 heteroatoms.